The van der Waals surface area contributed by atoms with Gasteiger partial charge in [0.2, 0.25) is 0 Å². The van der Waals surface area contributed by atoms with Crippen molar-refractivity contribution in [2.75, 3.05) is 19.4 Å². The van der Waals surface area contributed by atoms with E-state index in [4.69, 9.17) is 0 Å². The zero-order valence-electron chi connectivity index (χ0n) is 8.23. The van der Waals surface area contributed by atoms with Crippen LogP contribution in [0.5, 0.6) is 0 Å². The Morgan fingerprint density at radius 2 is 2.21 bits per heavy atom. The SMILES string of the molecule is CN/C=C\N=Cc1cc(NC)ncn1. The summed E-state index contributed by atoms with van der Waals surface area (Å²) >= 11 is 0. The van der Waals surface area contributed by atoms with Gasteiger partial charge in [-0.1, -0.05) is 0 Å². The molecule has 1 aromatic heterocycles. The van der Waals surface area contributed by atoms with Crippen LogP contribution >= 0.6 is 0 Å². The molecule has 0 aliphatic carbocycles. The first kappa shape index (κ1) is 10.2. The summed E-state index contributed by atoms with van der Waals surface area (Å²) in [6.07, 6.45) is 6.54. The third kappa shape index (κ3) is 3.22. The molecule has 0 radical (unpaired) electrons. The van der Waals surface area contributed by atoms with Crippen molar-refractivity contribution in [3.63, 3.8) is 0 Å². The zero-order valence-corrected chi connectivity index (χ0v) is 8.23. The predicted octanol–water partition coefficient (Wildman–Crippen LogP) is 0.628. The Morgan fingerprint density at radius 3 is 2.93 bits per heavy atom. The van der Waals surface area contributed by atoms with Gasteiger partial charge in [-0.2, -0.15) is 0 Å². The number of nitrogens with zero attached hydrogens (tertiary/aromatic N) is 3. The lowest BCUT2D eigenvalue weighted by Gasteiger charge is -1.97. The number of nitrogens with one attached hydrogen (secondary N) is 2. The van der Waals surface area contributed by atoms with Crippen molar-refractivity contribution >= 4 is 12.0 Å². The topological polar surface area (TPSA) is 62.2 Å². The van der Waals surface area contributed by atoms with Gasteiger partial charge in [0.1, 0.15) is 12.1 Å². The zero-order chi connectivity index (χ0) is 10.2. The average Bonchev–Trinajstić information content (AvgIpc) is 2.25. The van der Waals surface area contributed by atoms with Crippen molar-refractivity contribution in [1.29, 1.82) is 0 Å². The quantitative estimate of drug-likeness (QED) is 0.685. The van der Waals surface area contributed by atoms with Gasteiger partial charge in [0.05, 0.1) is 11.9 Å². The summed E-state index contributed by atoms with van der Waals surface area (Å²) in [6.45, 7) is 0. The van der Waals surface area contributed by atoms with Crippen molar-refractivity contribution in [3.8, 4) is 0 Å². The average molecular weight is 191 g/mol. The molecule has 0 fully saturated rings. The first-order valence-electron chi connectivity index (χ1n) is 4.22. The molecule has 1 heterocycles. The fourth-order valence-electron chi connectivity index (χ4n) is 0.817. The molecule has 2 N–H and O–H groups in total. The van der Waals surface area contributed by atoms with E-state index < -0.39 is 0 Å². The molecule has 0 aromatic carbocycles. The molecular weight excluding hydrogens is 178 g/mol. The Kier molecular flexibility index (Phi) is 4.13. The molecule has 1 rings (SSSR count). The minimum absolute atomic E-state index is 0.769. The maximum atomic E-state index is 4.03. The molecule has 14 heavy (non-hydrogen) atoms. The van der Waals surface area contributed by atoms with Crippen molar-refractivity contribution < 1.29 is 0 Å². The largest absolute Gasteiger partial charge is 0.393 e. The van der Waals surface area contributed by atoms with E-state index in [-0.39, 0.29) is 0 Å². The van der Waals surface area contributed by atoms with E-state index in [1.807, 2.05) is 20.2 Å². The molecule has 74 valence electrons. The van der Waals surface area contributed by atoms with Crippen LogP contribution in [0, 0.1) is 0 Å². The Hall–Kier alpha value is -1.91. The summed E-state index contributed by atoms with van der Waals surface area (Å²) in [6, 6.07) is 1.82. The Bertz CT molecular complexity index is 332. The molecule has 0 saturated heterocycles. The number of hydrogen-bond acceptors (Lipinski definition) is 5. The molecule has 0 amide bonds. The summed E-state index contributed by atoms with van der Waals surface area (Å²) in [4.78, 5) is 12.0. The van der Waals surface area contributed by atoms with Crippen LogP contribution in [0.3, 0.4) is 0 Å². The van der Waals surface area contributed by atoms with Crippen LogP contribution in [0.1, 0.15) is 5.69 Å². The minimum Gasteiger partial charge on any atom is -0.393 e. The van der Waals surface area contributed by atoms with Gasteiger partial charge in [-0.05, 0) is 0 Å². The van der Waals surface area contributed by atoms with Crippen LogP contribution in [-0.4, -0.2) is 30.3 Å². The van der Waals surface area contributed by atoms with Crippen LogP contribution in [0.2, 0.25) is 0 Å². The number of aliphatic imine (C=N–C) groups is 1. The summed E-state index contributed by atoms with van der Waals surface area (Å²) in [7, 11) is 3.62. The highest BCUT2D eigenvalue weighted by atomic mass is 15.0. The summed E-state index contributed by atoms with van der Waals surface area (Å²) < 4.78 is 0. The second-order valence-electron chi connectivity index (χ2n) is 2.46. The molecule has 0 bridgehead atoms. The Morgan fingerprint density at radius 1 is 1.36 bits per heavy atom. The smallest absolute Gasteiger partial charge is 0.129 e. The minimum atomic E-state index is 0.769. The molecule has 0 spiro atoms. The maximum absolute atomic E-state index is 4.03. The third-order valence-electron chi connectivity index (χ3n) is 1.48. The third-order valence-corrected chi connectivity index (χ3v) is 1.48. The summed E-state index contributed by atoms with van der Waals surface area (Å²) in [5.41, 5.74) is 0.769. The second-order valence-corrected chi connectivity index (χ2v) is 2.46. The Labute approximate surface area is 83.0 Å². The summed E-state index contributed by atoms with van der Waals surface area (Å²) in [5.74, 6) is 0.777. The van der Waals surface area contributed by atoms with E-state index in [1.165, 1.54) is 6.33 Å². The predicted molar refractivity (Wildman–Crippen MR) is 57.4 cm³/mol. The van der Waals surface area contributed by atoms with Crippen molar-refractivity contribution in [2.45, 2.75) is 0 Å². The van der Waals surface area contributed by atoms with E-state index in [1.54, 1.807) is 18.6 Å². The van der Waals surface area contributed by atoms with Gasteiger partial charge in [-0.3, -0.25) is 4.99 Å². The molecule has 0 atom stereocenters. The van der Waals surface area contributed by atoms with Crippen molar-refractivity contribution in [2.24, 2.45) is 4.99 Å². The van der Waals surface area contributed by atoms with Gasteiger partial charge < -0.3 is 10.6 Å². The number of rotatable bonds is 4. The molecule has 0 aliphatic heterocycles. The molecule has 0 unspecified atom stereocenters. The standard InChI is InChI=1S/C9H13N5/c1-10-3-4-12-6-8-5-9(11-2)14-7-13-8/h3-7,10H,1-2H3,(H,11,13,14)/b4-3-,12-6?. The van der Waals surface area contributed by atoms with E-state index in [0.717, 1.165) is 11.5 Å². The van der Waals surface area contributed by atoms with Gasteiger partial charge in [0, 0.05) is 32.6 Å². The van der Waals surface area contributed by atoms with Crippen molar-refractivity contribution in [3.05, 3.63) is 30.5 Å². The molecule has 0 saturated carbocycles. The molecule has 0 aliphatic rings. The van der Waals surface area contributed by atoms with Gasteiger partial charge in [0.15, 0.2) is 0 Å². The fraction of sp³-hybridized carbons (Fsp3) is 0.222. The lowest BCUT2D eigenvalue weighted by Crippen LogP contribution is -1.95. The van der Waals surface area contributed by atoms with Crippen LogP contribution in [0.15, 0.2) is 29.8 Å². The van der Waals surface area contributed by atoms with Crippen molar-refractivity contribution in [1.82, 2.24) is 15.3 Å². The van der Waals surface area contributed by atoms with Crippen LogP contribution in [0.25, 0.3) is 0 Å². The highest BCUT2D eigenvalue weighted by Crippen LogP contribution is 1.99. The maximum Gasteiger partial charge on any atom is 0.129 e. The van der Waals surface area contributed by atoms with Gasteiger partial charge in [0.25, 0.3) is 0 Å². The van der Waals surface area contributed by atoms with E-state index in [0.29, 0.717) is 0 Å². The lowest BCUT2D eigenvalue weighted by atomic mass is 10.4. The van der Waals surface area contributed by atoms with Gasteiger partial charge in [-0.25, -0.2) is 9.97 Å². The Balaban J connectivity index is 2.66. The lowest BCUT2D eigenvalue weighted by molar-refractivity contribution is 1.09. The first-order chi connectivity index (χ1) is 6.86. The van der Waals surface area contributed by atoms with Crippen LogP contribution in [0.4, 0.5) is 5.82 Å². The number of hydrogen-bond donors (Lipinski definition) is 2. The summed E-state index contributed by atoms with van der Waals surface area (Å²) in [5, 5.41) is 5.76. The van der Waals surface area contributed by atoms with E-state index in [2.05, 4.69) is 25.6 Å². The first-order valence-corrected chi connectivity index (χ1v) is 4.22. The molecular formula is C9H13N5. The van der Waals surface area contributed by atoms with E-state index >= 15 is 0 Å². The van der Waals surface area contributed by atoms with Crippen LogP contribution < -0.4 is 10.6 Å². The van der Waals surface area contributed by atoms with Gasteiger partial charge >= 0.3 is 0 Å². The second kappa shape index (κ2) is 5.69. The van der Waals surface area contributed by atoms with Gasteiger partial charge in [-0.15, -0.1) is 0 Å². The van der Waals surface area contributed by atoms with Crippen LogP contribution in [-0.2, 0) is 0 Å². The highest BCUT2D eigenvalue weighted by molar-refractivity contribution is 5.78. The van der Waals surface area contributed by atoms with E-state index in [9.17, 15) is 0 Å². The number of anilines is 1. The normalized spacial score (nSPS) is 11.0. The fourth-order valence-corrected chi connectivity index (χ4v) is 0.817. The number of aromatic nitrogens is 2. The monoisotopic (exact) mass is 191 g/mol. The highest BCUT2D eigenvalue weighted by Gasteiger charge is 1.91. The molecule has 5 heteroatoms. The molecule has 5 nitrogen and oxygen atoms in total. The molecule has 1 aromatic rings.